The molecule has 1 unspecified atom stereocenters. The van der Waals surface area contributed by atoms with Crippen LogP contribution in [0.3, 0.4) is 0 Å². The Balaban J connectivity index is 1.31. The van der Waals surface area contributed by atoms with Gasteiger partial charge in [-0.05, 0) is 43.5 Å². The maximum Gasteiger partial charge on any atom is 0.133 e. The van der Waals surface area contributed by atoms with Gasteiger partial charge >= 0.3 is 0 Å². The molecule has 2 aliphatic rings. The summed E-state index contributed by atoms with van der Waals surface area (Å²) in [5, 5.41) is 0. The number of likely N-dealkylation sites (tertiary alicyclic amines) is 1. The van der Waals surface area contributed by atoms with E-state index in [1.165, 1.54) is 18.5 Å². The van der Waals surface area contributed by atoms with Gasteiger partial charge in [0.05, 0.1) is 6.54 Å². The Morgan fingerprint density at radius 1 is 1.14 bits per heavy atom. The number of rotatable bonds is 4. The molecule has 116 valence electrons. The van der Waals surface area contributed by atoms with Gasteiger partial charge in [0, 0.05) is 37.5 Å². The molecule has 0 spiro atoms. The highest BCUT2D eigenvalue weighted by molar-refractivity contribution is 5.15. The Kier molecular flexibility index (Phi) is 3.95. The molecule has 0 aromatic carbocycles. The summed E-state index contributed by atoms with van der Waals surface area (Å²) in [4.78, 5) is 6.85. The molecule has 0 amide bonds. The van der Waals surface area contributed by atoms with E-state index in [-0.39, 0.29) is 6.10 Å². The van der Waals surface area contributed by atoms with E-state index in [4.69, 9.17) is 9.15 Å². The van der Waals surface area contributed by atoms with Crippen LogP contribution >= 0.6 is 0 Å². The predicted octanol–water partition coefficient (Wildman–Crippen LogP) is 3.52. The Bertz CT molecular complexity index is 599. The summed E-state index contributed by atoms with van der Waals surface area (Å²) in [6.45, 7) is 3.87. The molecular weight excluding hydrogens is 276 g/mol. The highest BCUT2D eigenvalue weighted by atomic mass is 16.5. The van der Waals surface area contributed by atoms with E-state index in [0.29, 0.717) is 5.92 Å². The summed E-state index contributed by atoms with van der Waals surface area (Å²) in [5.41, 5.74) is 1.20. The van der Waals surface area contributed by atoms with Crippen LogP contribution in [-0.2, 0) is 11.3 Å². The highest BCUT2D eigenvalue weighted by Gasteiger charge is 2.29. The molecule has 4 rings (SSSR count). The van der Waals surface area contributed by atoms with Gasteiger partial charge in [0.15, 0.2) is 0 Å². The molecule has 0 bridgehead atoms. The van der Waals surface area contributed by atoms with Gasteiger partial charge in [-0.25, -0.2) is 0 Å². The molecule has 2 fully saturated rings. The summed E-state index contributed by atoms with van der Waals surface area (Å²) < 4.78 is 11.8. The van der Waals surface area contributed by atoms with Crippen LogP contribution in [0.15, 0.2) is 40.9 Å². The van der Waals surface area contributed by atoms with Crippen LogP contribution in [-0.4, -0.2) is 29.6 Å². The number of aromatic nitrogens is 1. The lowest BCUT2D eigenvalue weighted by Crippen LogP contribution is -2.44. The number of hydrogen-bond acceptors (Lipinski definition) is 4. The molecule has 1 atom stereocenters. The fraction of sp³-hybridized carbons (Fsp3) is 0.500. The van der Waals surface area contributed by atoms with Gasteiger partial charge < -0.3 is 9.15 Å². The fourth-order valence-corrected chi connectivity index (χ4v) is 3.34. The zero-order valence-electron chi connectivity index (χ0n) is 12.8. The molecule has 2 aromatic rings. The Hall–Kier alpha value is -1.65. The van der Waals surface area contributed by atoms with Crippen LogP contribution in [0.1, 0.15) is 48.5 Å². The lowest BCUT2D eigenvalue weighted by atomic mass is 9.96. The number of hydrogen-bond donors (Lipinski definition) is 0. The molecule has 2 saturated heterocycles. The van der Waals surface area contributed by atoms with E-state index in [1.807, 2.05) is 12.3 Å². The van der Waals surface area contributed by atoms with Gasteiger partial charge in [0.1, 0.15) is 17.6 Å². The van der Waals surface area contributed by atoms with Crippen molar-refractivity contribution in [2.75, 3.05) is 19.7 Å². The third kappa shape index (κ3) is 2.94. The van der Waals surface area contributed by atoms with E-state index >= 15 is 0 Å². The lowest BCUT2D eigenvalue weighted by Gasteiger charge is -2.38. The van der Waals surface area contributed by atoms with E-state index in [0.717, 1.165) is 44.2 Å². The minimum absolute atomic E-state index is 0.167. The molecule has 0 aliphatic carbocycles. The molecule has 2 aromatic heterocycles. The molecular formula is C18H22N2O2. The van der Waals surface area contributed by atoms with Crippen LogP contribution in [0.25, 0.3) is 0 Å². The van der Waals surface area contributed by atoms with Gasteiger partial charge in [-0.15, -0.1) is 0 Å². The monoisotopic (exact) mass is 298 g/mol. The highest BCUT2D eigenvalue weighted by Crippen LogP contribution is 2.31. The predicted molar refractivity (Wildman–Crippen MR) is 83.5 cm³/mol. The second-order valence-electron chi connectivity index (χ2n) is 6.30. The molecule has 22 heavy (non-hydrogen) atoms. The van der Waals surface area contributed by atoms with E-state index in [2.05, 4.69) is 34.1 Å². The van der Waals surface area contributed by atoms with Gasteiger partial charge in [0.25, 0.3) is 0 Å². The zero-order valence-corrected chi connectivity index (χ0v) is 12.8. The van der Waals surface area contributed by atoms with E-state index in [9.17, 15) is 0 Å². The summed E-state index contributed by atoms with van der Waals surface area (Å²) in [6, 6.07) is 10.3. The Morgan fingerprint density at radius 3 is 2.86 bits per heavy atom. The van der Waals surface area contributed by atoms with Crippen molar-refractivity contribution in [1.82, 2.24) is 9.88 Å². The van der Waals surface area contributed by atoms with Crippen LogP contribution in [0.4, 0.5) is 0 Å². The molecule has 4 heteroatoms. The molecule has 2 aliphatic heterocycles. The van der Waals surface area contributed by atoms with Crippen LogP contribution in [0.2, 0.25) is 0 Å². The first-order valence-corrected chi connectivity index (χ1v) is 8.22. The van der Waals surface area contributed by atoms with Crippen molar-refractivity contribution in [3.05, 3.63) is 53.7 Å². The number of nitrogens with zero attached hydrogens (tertiary/aromatic N) is 2. The molecule has 0 N–H and O–H groups in total. The average molecular weight is 298 g/mol. The SMILES string of the molecule is c1ccc(C2CN(Cc3ccc(C4CCCCO4)o3)C2)nc1. The van der Waals surface area contributed by atoms with Gasteiger partial charge in [-0.1, -0.05) is 6.07 Å². The van der Waals surface area contributed by atoms with Crippen molar-refractivity contribution in [3.8, 4) is 0 Å². The first-order chi connectivity index (χ1) is 10.9. The number of pyridine rings is 1. The Labute approximate surface area is 131 Å². The van der Waals surface area contributed by atoms with Crippen molar-refractivity contribution in [3.63, 3.8) is 0 Å². The van der Waals surface area contributed by atoms with Crippen molar-refractivity contribution in [1.29, 1.82) is 0 Å². The molecule has 0 radical (unpaired) electrons. The normalized spacial score (nSPS) is 23.4. The average Bonchev–Trinajstić information content (AvgIpc) is 3.01. The van der Waals surface area contributed by atoms with Gasteiger partial charge in [-0.3, -0.25) is 9.88 Å². The summed E-state index contributed by atoms with van der Waals surface area (Å²) >= 11 is 0. The maximum absolute atomic E-state index is 5.99. The molecule has 0 saturated carbocycles. The quantitative estimate of drug-likeness (QED) is 0.865. The summed E-state index contributed by atoms with van der Waals surface area (Å²) in [6.07, 6.45) is 5.53. The standard InChI is InChI=1S/C18H22N2O2/c1-3-9-19-16(5-1)14-11-20(12-14)13-15-7-8-18(22-15)17-6-2-4-10-21-17/h1,3,5,7-9,14,17H,2,4,6,10-13H2. The topological polar surface area (TPSA) is 38.5 Å². The largest absolute Gasteiger partial charge is 0.462 e. The lowest BCUT2D eigenvalue weighted by molar-refractivity contribution is 0.000441. The smallest absolute Gasteiger partial charge is 0.133 e. The van der Waals surface area contributed by atoms with E-state index in [1.54, 1.807) is 0 Å². The zero-order chi connectivity index (χ0) is 14.8. The van der Waals surface area contributed by atoms with Crippen molar-refractivity contribution in [2.45, 2.75) is 37.8 Å². The maximum atomic E-state index is 5.99. The Morgan fingerprint density at radius 2 is 2.09 bits per heavy atom. The van der Waals surface area contributed by atoms with Crippen LogP contribution in [0.5, 0.6) is 0 Å². The summed E-state index contributed by atoms with van der Waals surface area (Å²) in [5.74, 6) is 2.61. The van der Waals surface area contributed by atoms with Gasteiger partial charge in [0.2, 0.25) is 0 Å². The number of ether oxygens (including phenoxy) is 1. The first kappa shape index (κ1) is 14.0. The molecule has 4 nitrogen and oxygen atoms in total. The minimum atomic E-state index is 0.167. The second-order valence-corrected chi connectivity index (χ2v) is 6.30. The van der Waals surface area contributed by atoms with Crippen LogP contribution < -0.4 is 0 Å². The first-order valence-electron chi connectivity index (χ1n) is 8.22. The summed E-state index contributed by atoms with van der Waals surface area (Å²) in [7, 11) is 0. The number of furan rings is 1. The minimum Gasteiger partial charge on any atom is -0.462 e. The van der Waals surface area contributed by atoms with Crippen molar-refractivity contribution < 1.29 is 9.15 Å². The van der Waals surface area contributed by atoms with Crippen LogP contribution in [0, 0.1) is 0 Å². The van der Waals surface area contributed by atoms with Crippen molar-refractivity contribution in [2.24, 2.45) is 0 Å². The third-order valence-electron chi connectivity index (χ3n) is 4.62. The molecule has 4 heterocycles. The van der Waals surface area contributed by atoms with E-state index < -0.39 is 0 Å². The second kappa shape index (κ2) is 6.23. The van der Waals surface area contributed by atoms with Gasteiger partial charge in [-0.2, -0.15) is 0 Å². The third-order valence-corrected chi connectivity index (χ3v) is 4.62. The van der Waals surface area contributed by atoms with Crippen molar-refractivity contribution >= 4 is 0 Å². The fourth-order valence-electron chi connectivity index (χ4n) is 3.34.